The molecule has 0 rings (SSSR count). The Balaban J connectivity index is 4.02. The third-order valence-corrected chi connectivity index (χ3v) is 16.1. The van der Waals surface area contributed by atoms with Gasteiger partial charge in [-0.05, 0) is 70.6 Å². The summed E-state index contributed by atoms with van der Waals surface area (Å²) in [4.78, 5) is 38.0. The molecule has 0 aliphatic heterocycles. The lowest BCUT2D eigenvalue weighted by Crippen LogP contribution is -2.37. The van der Waals surface area contributed by atoms with Crippen LogP contribution in [0.3, 0.4) is 0 Å². The highest BCUT2D eigenvalue weighted by Crippen LogP contribution is 2.38. The summed E-state index contributed by atoms with van der Waals surface area (Å²) in [5, 5.41) is 0. The number of hydrogen-bond acceptors (Lipinski definition) is 8. The van der Waals surface area contributed by atoms with Crippen LogP contribution in [0.15, 0.2) is 85.1 Å². The van der Waals surface area contributed by atoms with Gasteiger partial charge in [0.1, 0.15) is 19.8 Å². The molecule has 9 nitrogen and oxygen atoms in total. The first-order valence-corrected chi connectivity index (χ1v) is 36.3. The van der Waals surface area contributed by atoms with Crippen molar-refractivity contribution in [3.8, 4) is 0 Å². The maximum absolute atomic E-state index is 12.9. The lowest BCUT2D eigenvalue weighted by Gasteiger charge is -2.28. The van der Waals surface area contributed by atoms with E-state index in [1.165, 1.54) is 199 Å². The third kappa shape index (κ3) is 68.2. The average Bonchev–Trinajstić information content (AvgIpc) is 3.49. The molecule has 10 heteroatoms. The summed E-state index contributed by atoms with van der Waals surface area (Å²) in [7, 11) is 1.18. The van der Waals surface area contributed by atoms with Crippen LogP contribution in [0, 0.1) is 0 Å². The minimum atomic E-state index is -4.64. The number of unbranched alkanes of at least 4 members (excludes halogenated alkanes) is 36. The molecule has 2 atom stereocenters. The fraction of sp³-hybridized carbons (Fsp3) is 0.781. The largest absolute Gasteiger partial charge is 0.756 e. The topological polar surface area (TPSA) is 111 Å². The highest BCUT2D eigenvalue weighted by molar-refractivity contribution is 7.45. The summed E-state index contributed by atoms with van der Waals surface area (Å²) in [5.74, 6) is -0.820. The Bertz CT molecular complexity index is 1680. The van der Waals surface area contributed by atoms with Gasteiger partial charge in [-0.25, -0.2) is 0 Å². The molecule has 0 aromatic carbocycles. The van der Waals surface area contributed by atoms with E-state index in [0.717, 1.165) is 83.5 Å². The molecule has 0 heterocycles. The fourth-order valence-electron chi connectivity index (χ4n) is 9.88. The van der Waals surface area contributed by atoms with Crippen molar-refractivity contribution in [2.75, 3.05) is 47.5 Å². The van der Waals surface area contributed by atoms with Gasteiger partial charge in [0.2, 0.25) is 0 Å². The molecule has 0 spiro atoms. The van der Waals surface area contributed by atoms with Gasteiger partial charge in [-0.3, -0.25) is 14.2 Å². The van der Waals surface area contributed by atoms with E-state index in [-0.39, 0.29) is 32.0 Å². The second-order valence-corrected chi connectivity index (χ2v) is 25.9. The summed E-state index contributed by atoms with van der Waals surface area (Å²) in [6.07, 6.45) is 86.6. The van der Waals surface area contributed by atoms with E-state index in [4.69, 9.17) is 18.5 Å². The molecule has 482 valence electrons. The molecule has 0 aromatic rings. The smallest absolute Gasteiger partial charge is 0.306 e. The summed E-state index contributed by atoms with van der Waals surface area (Å²) in [6.45, 7) is 4.17. The van der Waals surface area contributed by atoms with Crippen molar-refractivity contribution in [2.24, 2.45) is 0 Å². The normalized spacial score (nSPS) is 13.7. The molecule has 0 bridgehead atoms. The Labute approximate surface area is 513 Å². The minimum absolute atomic E-state index is 0.0309. The third-order valence-electron chi connectivity index (χ3n) is 15.2. The van der Waals surface area contributed by atoms with Crippen molar-refractivity contribution >= 4 is 19.8 Å². The van der Waals surface area contributed by atoms with Gasteiger partial charge in [0.25, 0.3) is 7.82 Å². The van der Waals surface area contributed by atoms with Gasteiger partial charge in [0, 0.05) is 12.8 Å². The van der Waals surface area contributed by atoms with E-state index in [9.17, 15) is 19.0 Å². The number of phosphoric acid groups is 1. The zero-order valence-corrected chi connectivity index (χ0v) is 55.8. The van der Waals surface area contributed by atoms with Crippen molar-refractivity contribution in [3.05, 3.63) is 85.1 Å². The first-order valence-electron chi connectivity index (χ1n) is 34.8. The maximum Gasteiger partial charge on any atom is 0.306 e. The highest BCUT2D eigenvalue weighted by atomic mass is 31.2. The molecule has 0 aromatic heterocycles. The lowest BCUT2D eigenvalue weighted by molar-refractivity contribution is -0.870. The highest BCUT2D eigenvalue weighted by Gasteiger charge is 2.22. The monoisotopic (exact) mass is 1180 g/mol. The molecule has 0 N–H and O–H groups in total. The molecule has 0 saturated heterocycles. The predicted molar refractivity (Wildman–Crippen MR) is 356 cm³/mol. The summed E-state index contributed by atoms with van der Waals surface area (Å²) < 4.78 is 34.3. The van der Waals surface area contributed by atoms with Crippen LogP contribution < -0.4 is 4.89 Å². The van der Waals surface area contributed by atoms with Crippen LogP contribution in [0.1, 0.15) is 316 Å². The number of allylic oxidation sites excluding steroid dienone is 14. The number of carbonyl (C=O) groups is 2. The van der Waals surface area contributed by atoms with Gasteiger partial charge in [-0.1, -0.05) is 317 Å². The van der Waals surface area contributed by atoms with Gasteiger partial charge < -0.3 is 27.9 Å². The van der Waals surface area contributed by atoms with Gasteiger partial charge in [0.05, 0.1) is 27.7 Å². The fourth-order valence-corrected chi connectivity index (χ4v) is 10.6. The molecule has 0 aliphatic carbocycles. The van der Waals surface area contributed by atoms with Crippen LogP contribution in [-0.4, -0.2) is 70.0 Å². The Morgan fingerprint density at radius 2 is 0.687 bits per heavy atom. The number of likely N-dealkylation sites (N-methyl/N-ethyl adjacent to an activating group) is 1. The number of phosphoric ester groups is 1. The standard InChI is InChI=1S/C73H132NO8P/c1-6-8-10-12-14-16-18-20-22-24-26-28-30-31-32-33-34-35-36-37-38-39-40-41-42-43-44-46-48-50-52-54-56-58-60-62-64-66-73(76)82-71(70-81-83(77,78)80-68-67-74(3,4)5)69-79-72(75)65-63-61-59-57-55-53-51-49-47-45-29-27-25-23-21-19-17-15-13-11-9-7-2/h8,10,14,16,20,22,26,28,31-32,34-35,37-38,71H,6-7,9,11-13,15,17-19,21,23-25,27,29-30,33,36,39-70H2,1-5H3/b10-8-,16-14-,22-20-,28-26-,32-31-,35-34-,38-37-. The minimum Gasteiger partial charge on any atom is -0.756 e. The molecule has 0 aliphatic rings. The second kappa shape index (κ2) is 63.7. The SMILES string of the molecule is CC/C=C\C/C=C\C/C=C\C/C=C\C/C=C\C/C=C\C/C=C\CCCCCCCCCCCCCCCCCC(=O)OC(COC(=O)CCCCCCCCCCCCCCCCCCCCCCCC)COP(=O)([O-])OCC[N+](C)(C)C. The average molecular weight is 1180 g/mol. The van der Waals surface area contributed by atoms with E-state index in [1.807, 2.05) is 21.1 Å². The van der Waals surface area contributed by atoms with Crippen molar-refractivity contribution in [1.29, 1.82) is 0 Å². The number of rotatable bonds is 64. The van der Waals surface area contributed by atoms with E-state index in [1.54, 1.807) is 0 Å². The van der Waals surface area contributed by atoms with Crippen LogP contribution in [0.25, 0.3) is 0 Å². The maximum atomic E-state index is 12.9. The molecule has 0 fully saturated rings. The van der Waals surface area contributed by atoms with Crippen LogP contribution in [0.5, 0.6) is 0 Å². The lowest BCUT2D eigenvalue weighted by atomic mass is 10.0. The van der Waals surface area contributed by atoms with Crippen molar-refractivity contribution < 1.29 is 42.1 Å². The van der Waals surface area contributed by atoms with E-state index < -0.39 is 26.5 Å². The molecule has 83 heavy (non-hydrogen) atoms. The van der Waals surface area contributed by atoms with E-state index in [2.05, 4.69) is 98.9 Å². The van der Waals surface area contributed by atoms with Crippen LogP contribution in [0.2, 0.25) is 0 Å². The number of ether oxygens (including phenoxy) is 2. The number of nitrogens with zero attached hydrogens (tertiary/aromatic N) is 1. The Hall–Kier alpha value is -2.81. The first-order chi connectivity index (χ1) is 40.5. The van der Waals surface area contributed by atoms with Crippen molar-refractivity contribution in [2.45, 2.75) is 322 Å². The predicted octanol–water partition coefficient (Wildman–Crippen LogP) is 21.9. The van der Waals surface area contributed by atoms with Gasteiger partial charge in [-0.15, -0.1) is 0 Å². The van der Waals surface area contributed by atoms with Gasteiger partial charge in [-0.2, -0.15) is 0 Å². The quantitative estimate of drug-likeness (QED) is 0.0195. The summed E-state index contributed by atoms with van der Waals surface area (Å²) in [6, 6.07) is 0. The zero-order valence-electron chi connectivity index (χ0n) is 54.9. The Morgan fingerprint density at radius 1 is 0.386 bits per heavy atom. The Kier molecular flexibility index (Phi) is 61.5. The number of hydrogen-bond donors (Lipinski definition) is 0. The molecular weight excluding hydrogens is 1050 g/mol. The Morgan fingerprint density at radius 3 is 1.02 bits per heavy atom. The number of quaternary nitrogens is 1. The first kappa shape index (κ1) is 80.2. The molecule has 2 unspecified atom stereocenters. The van der Waals surface area contributed by atoms with Gasteiger partial charge >= 0.3 is 11.9 Å². The number of esters is 2. The van der Waals surface area contributed by atoms with Crippen LogP contribution in [0.4, 0.5) is 0 Å². The van der Waals surface area contributed by atoms with Crippen LogP contribution in [-0.2, 0) is 32.7 Å². The van der Waals surface area contributed by atoms with Gasteiger partial charge in [0.15, 0.2) is 6.10 Å². The zero-order chi connectivity index (χ0) is 60.5. The molecule has 0 saturated carbocycles. The summed E-state index contributed by atoms with van der Waals surface area (Å²) in [5.41, 5.74) is 0. The van der Waals surface area contributed by atoms with Crippen molar-refractivity contribution in [1.82, 2.24) is 0 Å². The van der Waals surface area contributed by atoms with Crippen LogP contribution >= 0.6 is 7.82 Å². The number of carbonyl (C=O) groups excluding carboxylic acids is 2. The second-order valence-electron chi connectivity index (χ2n) is 24.5. The summed E-state index contributed by atoms with van der Waals surface area (Å²) >= 11 is 0. The molecular formula is C73H132NO8P. The van der Waals surface area contributed by atoms with E-state index >= 15 is 0 Å². The molecule has 0 radical (unpaired) electrons. The van der Waals surface area contributed by atoms with E-state index in [0.29, 0.717) is 17.4 Å². The molecule has 0 amide bonds. The van der Waals surface area contributed by atoms with Crippen molar-refractivity contribution in [3.63, 3.8) is 0 Å².